The van der Waals surface area contributed by atoms with Gasteiger partial charge in [0.25, 0.3) is 0 Å². The van der Waals surface area contributed by atoms with Crippen molar-refractivity contribution in [3.8, 4) is 5.75 Å². The average molecular weight is 250 g/mol. The first-order valence-electron chi connectivity index (χ1n) is 6.30. The van der Waals surface area contributed by atoms with Crippen LogP contribution in [-0.2, 0) is 4.79 Å². The molecule has 100 valence electrons. The van der Waals surface area contributed by atoms with Gasteiger partial charge >= 0.3 is 0 Å². The van der Waals surface area contributed by atoms with Crippen molar-refractivity contribution in [1.82, 2.24) is 5.32 Å². The molecule has 0 aromatic heterocycles. The molecule has 0 aliphatic carbocycles. The van der Waals surface area contributed by atoms with Gasteiger partial charge in [-0.2, -0.15) is 0 Å². The van der Waals surface area contributed by atoms with E-state index in [1.807, 2.05) is 31.2 Å². The topological polar surface area (TPSA) is 64.3 Å². The molecule has 18 heavy (non-hydrogen) atoms. The number of methoxy groups -OCH3 is 1. The molecule has 4 nitrogen and oxygen atoms in total. The van der Waals surface area contributed by atoms with Crippen LogP contribution in [-0.4, -0.2) is 19.6 Å². The van der Waals surface area contributed by atoms with Crippen LogP contribution < -0.4 is 15.8 Å². The van der Waals surface area contributed by atoms with Crippen molar-refractivity contribution in [1.29, 1.82) is 0 Å². The van der Waals surface area contributed by atoms with Crippen LogP contribution in [0.5, 0.6) is 5.75 Å². The van der Waals surface area contributed by atoms with Crippen LogP contribution in [0.3, 0.4) is 0 Å². The Bertz CT molecular complexity index is 363. The summed E-state index contributed by atoms with van der Waals surface area (Å²) in [7, 11) is 1.64. The Morgan fingerprint density at radius 2 is 2.00 bits per heavy atom. The van der Waals surface area contributed by atoms with Gasteiger partial charge in [-0.15, -0.1) is 0 Å². The minimum Gasteiger partial charge on any atom is -0.497 e. The highest BCUT2D eigenvalue weighted by molar-refractivity contribution is 5.76. The minimum absolute atomic E-state index is 0.0151. The lowest BCUT2D eigenvalue weighted by molar-refractivity contribution is -0.121. The molecule has 1 aromatic carbocycles. The van der Waals surface area contributed by atoms with Gasteiger partial charge in [-0.1, -0.05) is 12.1 Å². The molecule has 0 radical (unpaired) electrons. The molecular weight excluding hydrogens is 228 g/mol. The summed E-state index contributed by atoms with van der Waals surface area (Å²) < 4.78 is 5.10. The van der Waals surface area contributed by atoms with Crippen LogP contribution in [0.1, 0.15) is 37.8 Å². The Morgan fingerprint density at radius 1 is 1.33 bits per heavy atom. The third kappa shape index (κ3) is 4.75. The Kier molecular flexibility index (Phi) is 6.22. The van der Waals surface area contributed by atoms with Gasteiger partial charge in [0.05, 0.1) is 13.2 Å². The van der Waals surface area contributed by atoms with Crippen molar-refractivity contribution >= 4 is 5.91 Å². The molecule has 1 atom stereocenters. The molecule has 0 fully saturated rings. The highest BCUT2D eigenvalue weighted by Gasteiger charge is 2.09. The van der Waals surface area contributed by atoms with Crippen molar-refractivity contribution in [3.63, 3.8) is 0 Å². The summed E-state index contributed by atoms with van der Waals surface area (Å²) in [5.41, 5.74) is 6.46. The van der Waals surface area contributed by atoms with Crippen molar-refractivity contribution in [2.24, 2.45) is 5.73 Å². The maximum Gasteiger partial charge on any atom is 0.220 e. The van der Waals surface area contributed by atoms with Crippen molar-refractivity contribution in [3.05, 3.63) is 29.8 Å². The van der Waals surface area contributed by atoms with Gasteiger partial charge in [-0.05, 0) is 44.0 Å². The SMILES string of the molecule is COc1ccc([C@@H](C)NC(=O)CCCCN)cc1. The Hall–Kier alpha value is -1.55. The number of benzene rings is 1. The van der Waals surface area contributed by atoms with E-state index in [0.717, 1.165) is 24.2 Å². The monoisotopic (exact) mass is 250 g/mol. The molecule has 3 N–H and O–H groups in total. The highest BCUT2D eigenvalue weighted by Crippen LogP contribution is 2.17. The summed E-state index contributed by atoms with van der Waals surface area (Å²) in [6.07, 6.45) is 2.28. The number of hydrogen-bond acceptors (Lipinski definition) is 3. The molecule has 0 heterocycles. The number of nitrogens with one attached hydrogen (secondary N) is 1. The van der Waals surface area contributed by atoms with Crippen LogP contribution in [0.2, 0.25) is 0 Å². The standard InChI is InChI=1S/C14H22N2O2/c1-11(16-14(17)5-3-4-10-15)12-6-8-13(18-2)9-7-12/h6-9,11H,3-5,10,15H2,1-2H3,(H,16,17)/t11-/m1/s1. The third-order valence-corrected chi connectivity index (χ3v) is 2.85. The predicted molar refractivity (Wildman–Crippen MR) is 72.5 cm³/mol. The number of nitrogens with two attached hydrogens (primary N) is 1. The molecular formula is C14H22N2O2. The lowest BCUT2D eigenvalue weighted by atomic mass is 10.1. The summed E-state index contributed by atoms with van der Waals surface area (Å²) in [4.78, 5) is 11.6. The van der Waals surface area contributed by atoms with E-state index >= 15 is 0 Å². The van der Waals surface area contributed by atoms with Gasteiger partial charge in [-0.25, -0.2) is 0 Å². The second-order valence-electron chi connectivity index (χ2n) is 4.31. The molecule has 1 rings (SSSR count). The Balaban J connectivity index is 2.43. The summed E-state index contributed by atoms with van der Waals surface area (Å²) in [5, 5.41) is 2.97. The van der Waals surface area contributed by atoms with Crippen molar-refractivity contribution < 1.29 is 9.53 Å². The molecule has 1 amide bonds. The molecule has 0 spiro atoms. The third-order valence-electron chi connectivity index (χ3n) is 2.85. The summed E-state index contributed by atoms with van der Waals surface area (Å²) in [6.45, 7) is 2.62. The van der Waals surface area contributed by atoms with E-state index in [4.69, 9.17) is 10.5 Å². The van der Waals surface area contributed by atoms with Crippen molar-refractivity contribution in [2.75, 3.05) is 13.7 Å². The van der Waals surface area contributed by atoms with Gasteiger partial charge in [0.15, 0.2) is 0 Å². The smallest absolute Gasteiger partial charge is 0.220 e. The fourth-order valence-corrected chi connectivity index (χ4v) is 1.72. The van der Waals surface area contributed by atoms with E-state index < -0.39 is 0 Å². The van der Waals surface area contributed by atoms with E-state index in [2.05, 4.69) is 5.32 Å². The number of ether oxygens (including phenoxy) is 1. The summed E-state index contributed by atoms with van der Waals surface area (Å²) >= 11 is 0. The molecule has 0 saturated carbocycles. The van der Waals surface area contributed by atoms with Crippen LogP contribution in [0.25, 0.3) is 0 Å². The van der Waals surface area contributed by atoms with Gasteiger partial charge < -0.3 is 15.8 Å². The minimum atomic E-state index is 0.0151. The van der Waals surface area contributed by atoms with Gasteiger partial charge in [0, 0.05) is 6.42 Å². The van der Waals surface area contributed by atoms with E-state index in [9.17, 15) is 4.79 Å². The number of hydrogen-bond donors (Lipinski definition) is 2. The predicted octanol–water partition coefficient (Wildman–Crippen LogP) is 2.00. The fourth-order valence-electron chi connectivity index (χ4n) is 1.72. The fraction of sp³-hybridized carbons (Fsp3) is 0.500. The number of carbonyl (C=O) groups excluding carboxylic acids is 1. The highest BCUT2D eigenvalue weighted by atomic mass is 16.5. The molecule has 0 unspecified atom stereocenters. The maximum atomic E-state index is 11.6. The quantitative estimate of drug-likeness (QED) is 0.727. The zero-order chi connectivity index (χ0) is 13.4. The molecule has 0 aliphatic rings. The average Bonchev–Trinajstić information content (AvgIpc) is 2.39. The first-order valence-corrected chi connectivity index (χ1v) is 6.30. The largest absolute Gasteiger partial charge is 0.497 e. The zero-order valence-electron chi connectivity index (χ0n) is 11.1. The number of amides is 1. The van der Waals surface area contributed by atoms with Crippen LogP contribution >= 0.6 is 0 Å². The second-order valence-corrected chi connectivity index (χ2v) is 4.31. The van der Waals surface area contributed by atoms with E-state index in [1.165, 1.54) is 0 Å². The van der Waals surface area contributed by atoms with E-state index in [0.29, 0.717) is 13.0 Å². The van der Waals surface area contributed by atoms with E-state index in [1.54, 1.807) is 7.11 Å². The molecule has 0 bridgehead atoms. The lowest BCUT2D eigenvalue weighted by Crippen LogP contribution is -2.26. The molecule has 0 aliphatic heterocycles. The van der Waals surface area contributed by atoms with Gasteiger partial charge in [-0.3, -0.25) is 4.79 Å². The molecule has 1 aromatic rings. The Labute approximate surface area is 109 Å². The van der Waals surface area contributed by atoms with E-state index in [-0.39, 0.29) is 11.9 Å². The number of unbranched alkanes of at least 4 members (excludes halogenated alkanes) is 1. The number of carbonyl (C=O) groups is 1. The summed E-state index contributed by atoms with van der Waals surface area (Å²) in [6, 6.07) is 7.73. The van der Waals surface area contributed by atoms with Crippen molar-refractivity contribution in [2.45, 2.75) is 32.2 Å². The zero-order valence-corrected chi connectivity index (χ0v) is 11.1. The van der Waals surface area contributed by atoms with Gasteiger partial charge in [0.1, 0.15) is 5.75 Å². The first-order chi connectivity index (χ1) is 8.67. The number of rotatable bonds is 7. The normalized spacial score (nSPS) is 11.9. The lowest BCUT2D eigenvalue weighted by Gasteiger charge is -2.14. The molecule has 0 saturated heterocycles. The summed E-state index contributed by atoms with van der Waals surface area (Å²) in [5.74, 6) is 0.895. The van der Waals surface area contributed by atoms with Crippen LogP contribution in [0, 0.1) is 0 Å². The first kappa shape index (κ1) is 14.5. The maximum absolute atomic E-state index is 11.6. The van der Waals surface area contributed by atoms with Crippen LogP contribution in [0.15, 0.2) is 24.3 Å². The second kappa shape index (κ2) is 7.71. The molecule has 4 heteroatoms. The van der Waals surface area contributed by atoms with Gasteiger partial charge in [0.2, 0.25) is 5.91 Å². The Morgan fingerprint density at radius 3 is 2.56 bits per heavy atom. The van der Waals surface area contributed by atoms with Crippen LogP contribution in [0.4, 0.5) is 0 Å².